The predicted molar refractivity (Wildman–Crippen MR) is 94.6 cm³/mol. The standard InChI is InChI=1S/C18H25N5O3/c1-10-6-5-7-14(13(10)4)20-15(24)9-26-17(25)16-21-18-19-11(2)8-12(3)23(18)22-16/h8,10,13-14H,5-7,9H2,1-4H3,(H,20,24)/t10-,13-,14-/m1/s1. The van der Waals surface area contributed by atoms with Crippen molar-refractivity contribution in [1.82, 2.24) is 24.9 Å². The summed E-state index contributed by atoms with van der Waals surface area (Å²) in [5.41, 5.74) is 1.61. The second-order valence-electron chi connectivity index (χ2n) is 7.20. The molecule has 8 heteroatoms. The Balaban J connectivity index is 1.58. The molecule has 2 aromatic heterocycles. The Kier molecular flexibility index (Phi) is 5.20. The average Bonchev–Trinajstić information content (AvgIpc) is 3.01. The van der Waals surface area contributed by atoms with Crippen LogP contribution in [-0.2, 0) is 9.53 Å². The number of nitrogens with zero attached hydrogens (tertiary/aromatic N) is 4. The molecule has 3 rings (SSSR count). The molecule has 8 nitrogen and oxygen atoms in total. The van der Waals surface area contributed by atoms with Gasteiger partial charge in [-0.25, -0.2) is 14.3 Å². The number of carbonyl (C=O) groups excluding carboxylic acids is 2. The number of hydrogen-bond acceptors (Lipinski definition) is 6. The fourth-order valence-corrected chi connectivity index (χ4v) is 3.48. The molecule has 0 aliphatic heterocycles. The summed E-state index contributed by atoms with van der Waals surface area (Å²) in [5.74, 6) is 0.215. The minimum Gasteiger partial charge on any atom is -0.450 e. The van der Waals surface area contributed by atoms with Gasteiger partial charge in [0, 0.05) is 17.4 Å². The maximum atomic E-state index is 12.2. The second-order valence-corrected chi connectivity index (χ2v) is 7.20. The monoisotopic (exact) mass is 359 g/mol. The van der Waals surface area contributed by atoms with Crippen LogP contribution in [-0.4, -0.2) is 44.1 Å². The molecule has 0 radical (unpaired) electrons. The lowest BCUT2D eigenvalue weighted by Crippen LogP contribution is -2.45. The fraction of sp³-hybridized carbons (Fsp3) is 0.611. The highest BCUT2D eigenvalue weighted by molar-refractivity contribution is 5.88. The first kappa shape index (κ1) is 18.3. The zero-order valence-corrected chi connectivity index (χ0v) is 15.7. The summed E-state index contributed by atoms with van der Waals surface area (Å²) in [6, 6.07) is 1.98. The van der Waals surface area contributed by atoms with Crippen LogP contribution in [0.5, 0.6) is 0 Å². The molecule has 0 aromatic carbocycles. The third-order valence-electron chi connectivity index (χ3n) is 5.19. The van der Waals surface area contributed by atoms with E-state index in [1.165, 1.54) is 10.9 Å². The summed E-state index contributed by atoms with van der Waals surface area (Å²) < 4.78 is 6.56. The van der Waals surface area contributed by atoms with Gasteiger partial charge in [-0.2, -0.15) is 4.98 Å². The summed E-state index contributed by atoms with van der Waals surface area (Å²) >= 11 is 0. The van der Waals surface area contributed by atoms with Crippen molar-refractivity contribution in [2.75, 3.05) is 6.61 Å². The van der Waals surface area contributed by atoms with E-state index in [1.54, 1.807) is 0 Å². The summed E-state index contributed by atoms with van der Waals surface area (Å²) in [6.07, 6.45) is 3.26. The number of esters is 1. The van der Waals surface area contributed by atoms with E-state index in [9.17, 15) is 9.59 Å². The van der Waals surface area contributed by atoms with E-state index in [4.69, 9.17) is 4.74 Å². The van der Waals surface area contributed by atoms with Gasteiger partial charge < -0.3 is 10.1 Å². The number of carbonyl (C=O) groups is 2. The van der Waals surface area contributed by atoms with Gasteiger partial charge in [0.25, 0.3) is 17.5 Å². The minimum atomic E-state index is -0.729. The molecule has 0 saturated heterocycles. The summed E-state index contributed by atoms with van der Waals surface area (Å²) in [6.45, 7) is 7.72. The number of aryl methyl sites for hydroxylation is 2. The Labute approximate surface area is 152 Å². The molecule has 140 valence electrons. The van der Waals surface area contributed by atoms with Gasteiger partial charge in [0.1, 0.15) is 0 Å². The topological polar surface area (TPSA) is 98.5 Å². The number of rotatable bonds is 4. The molecule has 1 fully saturated rings. The maximum Gasteiger partial charge on any atom is 0.378 e. The van der Waals surface area contributed by atoms with Crippen molar-refractivity contribution in [3.63, 3.8) is 0 Å². The van der Waals surface area contributed by atoms with Crippen molar-refractivity contribution >= 4 is 17.7 Å². The lowest BCUT2D eigenvalue weighted by molar-refractivity contribution is -0.125. The molecule has 2 heterocycles. The first-order valence-corrected chi connectivity index (χ1v) is 9.02. The van der Waals surface area contributed by atoms with Gasteiger partial charge in [-0.05, 0) is 38.2 Å². The van der Waals surface area contributed by atoms with E-state index in [-0.39, 0.29) is 24.4 Å². The molecule has 2 aromatic rings. The molecule has 0 unspecified atom stereocenters. The number of nitrogens with one attached hydrogen (secondary N) is 1. The van der Waals surface area contributed by atoms with Gasteiger partial charge in [-0.3, -0.25) is 4.79 Å². The Hall–Kier alpha value is -2.51. The van der Waals surface area contributed by atoms with E-state index >= 15 is 0 Å². The van der Waals surface area contributed by atoms with Crippen molar-refractivity contribution in [2.24, 2.45) is 11.8 Å². The maximum absolute atomic E-state index is 12.2. The minimum absolute atomic E-state index is 0.0985. The molecule has 3 atom stereocenters. The van der Waals surface area contributed by atoms with Crippen molar-refractivity contribution in [2.45, 2.75) is 53.0 Å². The van der Waals surface area contributed by atoms with Crippen LogP contribution in [0.1, 0.15) is 55.1 Å². The highest BCUT2D eigenvalue weighted by Crippen LogP contribution is 2.29. The molecule has 0 bridgehead atoms. The quantitative estimate of drug-likeness (QED) is 0.837. The van der Waals surface area contributed by atoms with Crippen molar-refractivity contribution in [1.29, 1.82) is 0 Å². The molecule has 1 aliphatic rings. The Morgan fingerprint density at radius 3 is 2.81 bits per heavy atom. The molecule has 1 aliphatic carbocycles. The Morgan fingerprint density at radius 2 is 2.04 bits per heavy atom. The van der Waals surface area contributed by atoms with Crippen molar-refractivity contribution in [3.05, 3.63) is 23.3 Å². The predicted octanol–water partition coefficient (Wildman–Crippen LogP) is 1.84. The SMILES string of the molecule is Cc1cc(C)n2nc(C(=O)OCC(=O)N[C@@H]3CCC[C@@H](C)[C@H]3C)nc2n1. The molecule has 0 spiro atoms. The van der Waals surface area contributed by atoms with E-state index in [0.717, 1.165) is 24.2 Å². The van der Waals surface area contributed by atoms with Gasteiger partial charge in [-0.1, -0.05) is 26.7 Å². The largest absolute Gasteiger partial charge is 0.450 e. The Morgan fingerprint density at radius 1 is 1.27 bits per heavy atom. The lowest BCUT2D eigenvalue weighted by atomic mass is 9.78. The number of hydrogen-bond donors (Lipinski definition) is 1. The van der Waals surface area contributed by atoms with Crippen LogP contribution in [0.25, 0.3) is 5.78 Å². The number of fused-ring (bicyclic) bond motifs is 1. The van der Waals surface area contributed by atoms with Crippen LogP contribution < -0.4 is 5.32 Å². The van der Waals surface area contributed by atoms with Crippen LogP contribution in [0.3, 0.4) is 0 Å². The van der Waals surface area contributed by atoms with E-state index in [1.807, 2.05) is 19.9 Å². The van der Waals surface area contributed by atoms with E-state index in [0.29, 0.717) is 17.6 Å². The van der Waals surface area contributed by atoms with E-state index in [2.05, 4.69) is 34.2 Å². The first-order chi connectivity index (χ1) is 12.3. The van der Waals surface area contributed by atoms with Gasteiger partial charge in [0.2, 0.25) is 0 Å². The van der Waals surface area contributed by atoms with Crippen molar-refractivity contribution < 1.29 is 14.3 Å². The van der Waals surface area contributed by atoms with Crippen LogP contribution in [0, 0.1) is 25.7 Å². The normalized spacial score (nSPS) is 23.0. The number of ether oxygens (including phenoxy) is 1. The molecular weight excluding hydrogens is 334 g/mol. The molecular formula is C18H25N5O3. The zero-order valence-electron chi connectivity index (χ0n) is 15.7. The van der Waals surface area contributed by atoms with Crippen LogP contribution in [0.2, 0.25) is 0 Å². The summed E-state index contributed by atoms with van der Waals surface area (Å²) in [7, 11) is 0. The first-order valence-electron chi connectivity index (χ1n) is 9.02. The molecule has 1 amide bonds. The molecule has 26 heavy (non-hydrogen) atoms. The van der Waals surface area contributed by atoms with Crippen LogP contribution >= 0.6 is 0 Å². The highest BCUT2D eigenvalue weighted by atomic mass is 16.5. The average molecular weight is 359 g/mol. The highest BCUT2D eigenvalue weighted by Gasteiger charge is 2.28. The number of amides is 1. The van der Waals surface area contributed by atoms with Gasteiger partial charge in [0.15, 0.2) is 6.61 Å². The lowest BCUT2D eigenvalue weighted by Gasteiger charge is -2.34. The Bertz CT molecular complexity index is 832. The van der Waals surface area contributed by atoms with Gasteiger partial charge in [-0.15, -0.1) is 5.10 Å². The smallest absolute Gasteiger partial charge is 0.378 e. The van der Waals surface area contributed by atoms with Crippen LogP contribution in [0.4, 0.5) is 0 Å². The van der Waals surface area contributed by atoms with E-state index < -0.39 is 5.97 Å². The number of aromatic nitrogens is 4. The van der Waals surface area contributed by atoms with Gasteiger partial charge in [0.05, 0.1) is 0 Å². The third-order valence-corrected chi connectivity index (χ3v) is 5.19. The van der Waals surface area contributed by atoms with Crippen LogP contribution in [0.15, 0.2) is 6.07 Å². The molecule has 1 saturated carbocycles. The fourth-order valence-electron chi connectivity index (χ4n) is 3.48. The summed E-state index contributed by atoms with van der Waals surface area (Å²) in [4.78, 5) is 32.6. The van der Waals surface area contributed by atoms with Gasteiger partial charge >= 0.3 is 5.97 Å². The molecule has 1 N–H and O–H groups in total. The van der Waals surface area contributed by atoms with Crippen molar-refractivity contribution in [3.8, 4) is 0 Å². The summed E-state index contributed by atoms with van der Waals surface area (Å²) in [5, 5.41) is 7.08. The third kappa shape index (κ3) is 3.84. The second kappa shape index (κ2) is 7.39. The zero-order chi connectivity index (χ0) is 18.8.